The zero-order valence-electron chi connectivity index (χ0n) is 13.6. The van der Waals surface area contributed by atoms with Crippen LogP contribution < -0.4 is 5.32 Å². The van der Waals surface area contributed by atoms with E-state index in [1.54, 1.807) is 0 Å². The van der Waals surface area contributed by atoms with Gasteiger partial charge in [0, 0.05) is 17.8 Å². The zero-order chi connectivity index (χ0) is 14.5. The van der Waals surface area contributed by atoms with Gasteiger partial charge in [-0.1, -0.05) is 19.8 Å². The van der Waals surface area contributed by atoms with Crippen LogP contribution >= 0.6 is 0 Å². The fraction of sp³-hybridized carbons (Fsp3) is 0.812. The normalized spacial score (nSPS) is 12.1. The molecule has 1 heterocycles. The number of rotatable bonds is 7. The fourth-order valence-corrected chi connectivity index (χ4v) is 2.39. The Labute approximate surface area is 118 Å². The third-order valence-electron chi connectivity index (χ3n) is 3.54. The molecule has 110 valence electrons. The summed E-state index contributed by atoms with van der Waals surface area (Å²) in [6, 6.07) is 0. The Morgan fingerprint density at radius 2 is 1.84 bits per heavy atom. The summed E-state index contributed by atoms with van der Waals surface area (Å²) in [6.45, 7) is 15.3. The van der Waals surface area contributed by atoms with E-state index >= 15 is 0 Å². The first-order valence-corrected chi connectivity index (χ1v) is 7.63. The highest BCUT2D eigenvalue weighted by molar-refractivity contribution is 5.24. The topological polar surface area (TPSA) is 29.9 Å². The first-order chi connectivity index (χ1) is 8.85. The van der Waals surface area contributed by atoms with E-state index in [4.69, 9.17) is 0 Å². The lowest BCUT2D eigenvalue weighted by Crippen LogP contribution is -2.37. The van der Waals surface area contributed by atoms with Crippen LogP contribution in [0.1, 0.15) is 63.9 Å². The standard InChI is InChI=1S/C16H31N3/c1-7-8-9-12-19-14(3)15(13(2)18-19)10-11-17-16(4,5)6/h17H,7-12H2,1-6H3. The predicted molar refractivity (Wildman–Crippen MR) is 82.7 cm³/mol. The Kier molecular flexibility index (Phi) is 6.05. The highest BCUT2D eigenvalue weighted by Gasteiger charge is 2.13. The van der Waals surface area contributed by atoms with Crippen molar-refractivity contribution in [1.82, 2.24) is 15.1 Å². The third kappa shape index (κ3) is 5.35. The minimum absolute atomic E-state index is 0.193. The van der Waals surface area contributed by atoms with Crippen LogP contribution in [0.15, 0.2) is 0 Å². The second kappa shape index (κ2) is 7.09. The van der Waals surface area contributed by atoms with Gasteiger partial charge >= 0.3 is 0 Å². The molecule has 1 rings (SSSR count). The lowest BCUT2D eigenvalue weighted by molar-refractivity contribution is 0.429. The summed E-state index contributed by atoms with van der Waals surface area (Å²) >= 11 is 0. The molecule has 0 atom stereocenters. The maximum absolute atomic E-state index is 4.69. The third-order valence-corrected chi connectivity index (χ3v) is 3.54. The van der Waals surface area contributed by atoms with Gasteiger partial charge in [0.1, 0.15) is 0 Å². The lowest BCUT2D eigenvalue weighted by atomic mass is 10.1. The van der Waals surface area contributed by atoms with Gasteiger partial charge in [0.25, 0.3) is 0 Å². The van der Waals surface area contributed by atoms with Gasteiger partial charge in [-0.25, -0.2) is 0 Å². The lowest BCUT2D eigenvalue weighted by Gasteiger charge is -2.20. The molecule has 19 heavy (non-hydrogen) atoms. The zero-order valence-corrected chi connectivity index (χ0v) is 13.6. The van der Waals surface area contributed by atoms with Crippen molar-refractivity contribution in [2.24, 2.45) is 0 Å². The van der Waals surface area contributed by atoms with Crippen LogP contribution in [0.2, 0.25) is 0 Å². The maximum Gasteiger partial charge on any atom is 0.0628 e. The van der Waals surface area contributed by atoms with Gasteiger partial charge in [-0.15, -0.1) is 0 Å². The van der Waals surface area contributed by atoms with Crippen LogP contribution in [0.4, 0.5) is 0 Å². The van der Waals surface area contributed by atoms with Crippen LogP contribution in [0.3, 0.4) is 0 Å². The highest BCUT2D eigenvalue weighted by atomic mass is 15.3. The second-order valence-electron chi connectivity index (χ2n) is 6.51. The molecule has 0 aliphatic rings. The summed E-state index contributed by atoms with van der Waals surface area (Å²) < 4.78 is 2.19. The number of hydrogen-bond donors (Lipinski definition) is 1. The molecule has 0 fully saturated rings. The first kappa shape index (κ1) is 16.2. The average molecular weight is 265 g/mol. The van der Waals surface area contributed by atoms with Crippen LogP contribution in [0.5, 0.6) is 0 Å². The first-order valence-electron chi connectivity index (χ1n) is 7.63. The van der Waals surface area contributed by atoms with Crippen molar-refractivity contribution in [2.45, 2.75) is 79.3 Å². The average Bonchev–Trinajstić information content (AvgIpc) is 2.55. The molecule has 0 aliphatic carbocycles. The molecule has 3 heteroatoms. The van der Waals surface area contributed by atoms with Crippen molar-refractivity contribution in [3.63, 3.8) is 0 Å². The molecule has 1 aromatic heterocycles. The fourth-order valence-electron chi connectivity index (χ4n) is 2.39. The number of hydrogen-bond acceptors (Lipinski definition) is 2. The molecule has 1 N–H and O–H groups in total. The van der Waals surface area contributed by atoms with Crippen molar-refractivity contribution in [3.8, 4) is 0 Å². The van der Waals surface area contributed by atoms with E-state index in [1.807, 2.05) is 0 Å². The quantitative estimate of drug-likeness (QED) is 0.763. The number of nitrogens with one attached hydrogen (secondary N) is 1. The molecule has 0 bridgehead atoms. The SMILES string of the molecule is CCCCCn1nc(C)c(CCNC(C)(C)C)c1C. The van der Waals surface area contributed by atoms with Gasteiger partial charge in [0.05, 0.1) is 5.69 Å². The molecule has 0 radical (unpaired) electrons. The van der Waals surface area contributed by atoms with E-state index in [0.29, 0.717) is 0 Å². The van der Waals surface area contributed by atoms with Crippen LogP contribution in [-0.2, 0) is 13.0 Å². The Bertz CT molecular complexity index is 385. The number of unbranched alkanes of at least 4 members (excludes halogenated alkanes) is 2. The van der Waals surface area contributed by atoms with Crippen LogP contribution in [0, 0.1) is 13.8 Å². The monoisotopic (exact) mass is 265 g/mol. The molecule has 3 nitrogen and oxygen atoms in total. The van der Waals surface area contributed by atoms with Gasteiger partial charge in [-0.2, -0.15) is 5.10 Å². The Hall–Kier alpha value is -0.830. The van der Waals surface area contributed by atoms with Crippen molar-refractivity contribution in [3.05, 3.63) is 17.0 Å². The van der Waals surface area contributed by atoms with E-state index in [2.05, 4.69) is 56.6 Å². The van der Waals surface area contributed by atoms with Gasteiger partial charge in [0.15, 0.2) is 0 Å². The molecule has 0 saturated heterocycles. The van der Waals surface area contributed by atoms with Crippen LogP contribution in [0.25, 0.3) is 0 Å². The smallest absolute Gasteiger partial charge is 0.0628 e. The molecule has 1 aromatic rings. The van der Waals surface area contributed by atoms with Crippen molar-refractivity contribution in [1.29, 1.82) is 0 Å². The summed E-state index contributed by atoms with van der Waals surface area (Å²) in [5.41, 5.74) is 4.17. The summed E-state index contributed by atoms with van der Waals surface area (Å²) in [4.78, 5) is 0. The van der Waals surface area contributed by atoms with Gasteiger partial charge in [0.2, 0.25) is 0 Å². The Morgan fingerprint density at radius 1 is 1.16 bits per heavy atom. The van der Waals surface area contributed by atoms with E-state index in [0.717, 1.165) is 19.5 Å². The van der Waals surface area contributed by atoms with Crippen molar-refractivity contribution >= 4 is 0 Å². The maximum atomic E-state index is 4.69. The molecule has 0 saturated carbocycles. The van der Waals surface area contributed by atoms with Gasteiger partial charge < -0.3 is 5.32 Å². The van der Waals surface area contributed by atoms with E-state index in [1.165, 1.54) is 36.2 Å². The number of aromatic nitrogens is 2. The number of aryl methyl sites for hydroxylation is 2. The molecule has 0 aliphatic heterocycles. The summed E-state index contributed by atoms with van der Waals surface area (Å²) in [5.74, 6) is 0. The number of nitrogens with zero attached hydrogens (tertiary/aromatic N) is 2. The van der Waals surface area contributed by atoms with E-state index < -0.39 is 0 Å². The van der Waals surface area contributed by atoms with Gasteiger partial charge in [-0.3, -0.25) is 4.68 Å². The Morgan fingerprint density at radius 3 is 2.42 bits per heavy atom. The molecule has 0 amide bonds. The minimum atomic E-state index is 0.193. The largest absolute Gasteiger partial charge is 0.312 e. The summed E-state index contributed by atoms with van der Waals surface area (Å²) in [6.07, 6.45) is 4.86. The predicted octanol–water partition coefficient (Wildman–Crippen LogP) is 3.62. The van der Waals surface area contributed by atoms with Crippen molar-refractivity contribution < 1.29 is 0 Å². The van der Waals surface area contributed by atoms with E-state index in [9.17, 15) is 0 Å². The summed E-state index contributed by atoms with van der Waals surface area (Å²) in [5, 5.41) is 8.24. The molecular formula is C16H31N3. The second-order valence-corrected chi connectivity index (χ2v) is 6.51. The highest BCUT2D eigenvalue weighted by Crippen LogP contribution is 2.15. The minimum Gasteiger partial charge on any atom is -0.312 e. The van der Waals surface area contributed by atoms with E-state index in [-0.39, 0.29) is 5.54 Å². The summed E-state index contributed by atoms with van der Waals surface area (Å²) in [7, 11) is 0. The molecule has 0 aromatic carbocycles. The molecule has 0 unspecified atom stereocenters. The van der Waals surface area contributed by atoms with Crippen molar-refractivity contribution in [2.75, 3.05) is 6.54 Å². The Balaban J connectivity index is 2.58. The van der Waals surface area contributed by atoms with Crippen LogP contribution in [-0.4, -0.2) is 21.9 Å². The molecule has 0 spiro atoms. The molecular weight excluding hydrogens is 234 g/mol. The van der Waals surface area contributed by atoms with Gasteiger partial charge in [-0.05, 0) is 59.6 Å².